The molecular formula is C10H18ClFN2O2. The van der Waals surface area contributed by atoms with Crippen molar-refractivity contribution in [3.05, 3.63) is 0 Å². The first-order valence-electron chi connectivity index (χ1n) is 5.51. The highest BCUT2D eigenvalue weighted by atomic mass is 35.5. The molecular weight excluding hydrogens is 235 g/mol. The third kappa shape index (κ3) is 3.57. The van der Waals surface area contributed by atoms with Crippen LogP contribution >= 0.6 is 12.4 Å². The van der Waals surface area contributed by atoms with Crippen molar-refractivity contribution in [3.63, 3.8) is 0 Å². The summed E-state index contributed by atoms with van der Waals surface area (Å²) in [6.45, 7) is 1.70. The summed E-state index contributed by atoms with van der Waals surface area (Å²) in [7, 11) is 0. The van der Waals surface area contributed by atoms with E-state index < -0.39 is 6.17 Å². The number of hydrogen-bond acceptors (Lipinski definition) is 3. The first kappa shape index (κ1) is 13.7. The van der Waals surface area contributed by atoms with E-state index in [-0.39, 0.29) is 30.4 Å². The van der Waals surface area contributed by atoms with Gasteiger partial charge in [-0.05, 0) is 12.8 Å². The van der Waals surface area contributed by atoms with Crippen molar-refractivity contribution in [3.8, 4) is 0 Å². The van der Waals surface area contributed by atoms with Crippen LogP contribution in [0.3, 0.4) is 0 Å². The first-order valence-corrected chi connectivity index (χ1v) is 5.51. The van der Waals surface area contributed by atoms with E-state index in [0.717, 1.165) is 12.8 Å². The van der Waals surface area contributed by atoms with Crippen LogP contribution in [-0.2, 0) is 9.53 Å². The molecule has 1 amide bonds. The molecule has 0 aromatic rings. The van der Waals surface area contributed by atoms with Crippen molar-refractivity contribution >= 4 is 18.3 Å². The molecule has 2 N–H and O–H groups in total. The Labute approximate surface area is 101 Å². The summed E-state index contributed by atoms with van der Waals surface area (Å²) in [5.74, 6) is -0.0675. The molecule has 2 rings (SSSR count). The molecule has 6 heteroatoms. The minimum atomic E-state index is -0.879. The Bertz CT molecular complexity index is 237. The third-order valence-corrected chi connectivity index (χ3v) is 2.96. The molecule has 16 heavy (non-hydrogen) atoms. The highest BCUT2D eigenvalue weighted by molar-refractivity contribution is 5.85. The van der Waals surface area contributed by atoms with Gasteiger partial charge in [-0.25, -0.2) is 4.39 Å². The highest BCUT2D eigenvalue weighted by Crippen LogP contribution is 2.12. The Hall–Kier alpha value is -0.390. The molecule has 94 valence electrons. The summed E-state index contributed by atoms with van der Waals surface area (Å²) in [5, 5.41) is 5.81. The number of alkyl halides is 1. The first-order chi connectivity index (χ1) is 7.25. The van der Waals surface area contributed by atoms with Crippen LogP contribution in [0.5, 0.6) is 0 Å². The second kappa shape index (κ2) is 6.37. The van der Waals surface area contributed by atoms with Gasteiger partial charge in [0.25, 0.3) is 0 Å². The second-order valence-electron chi connectivity index (χ2n) is 4.19. The van der Waals surface area contributed by atoms with Gasteiger partial charge in [0, 0.05) is 32.2 Å². The van der Waals surface area contributed by atoms with Crippen molar-refractivity contribution in [2.24, 2.45) is 0 Å². The minimum absolute atomic E-state index is 0. The van der Waals surface area contributed by atoms with Crippen LogP contribution < -0.4 is 10.6 Å². The van der Waals surface area contributed by atoms with E-state index in [1.807, 2.05) is 0 Å². The normalized spacial score (nSPS) is 30.8. The van der Waals surface area contributed by atoms with Gasteiger partial charge in [-0.2, -0.15) is 0 Å². The predicted octanol–water partition coefficient (Wildman–Crippen LogP) is 0.403. The van der Waals surface area contributed by atoms with Crippen LogP contribution in [0.1, 0.15) is 19.3 Å². The molecule has 2 heterocycles. The lowest BCUT2D eigenvalue weighted by Crippen LogP contribution is -2.46. The number of ether oxygens (including phenoxy) is 1. The smallest absolute Gasteiger partial charge is 0.237 e. The summed E-state index contributed by atoms with van der Waals surface area (Å²) < 4.78 is 18.0. The Morgan fingerprint density at radius 2 is 2.06 bits per heavy atom. The molecule has 2 saturated heterocycles. The fraction of sp³-hybridized carbons (Fsp3) is 0.900. The van der Waals surface area contributed by atoms with Gasteiger partial charge in [-0.15, -0.1) is 12.4 Å². The molecule has 0 aromatic carbocycles. The van der Waals surface area contributed by atoms with E-state index in [1.165, 1.54) is 0 Å². The van der Waals surface area contributed by atoms with E-state index in [4.69, 9.17) is 4.74 Å². The zero-order chi connectivity index (χ0) is 10.7. The fourth-order valence-corrected chi connectivity index (χ4v) is 2.04. The van der Waals surface area contributed by atoms with Crippen molar-refractivity contribution < 1.29 is 13.9 Å². The fourth-order valence-electron chi connectivity index (χ4n) is 2.04. The maximum Gasteiger partial charge on any atom is 0.237 e. The average molecular weight is 253 g/mol. The third-order valence-electron chi connectivity index (χ3n) is 2.96. The van der Waals surface area contributed by atoms with Gasteiger partial charge in [0.05, 0.1) is 6.04 Å². The van der Waals surface area contributed by atoms with Crippen LogP contribution in [0.2, 0.25) is 0 Å². The number of rotatable bonds is 2. The summed E-state index contributed by atoms with van der Waals surface area (Å²) in [6.07, 6.45) is 1.14. The molecule has 2 aliphatic rings. The summed E-state index contributed by atoms with van der Waals surface area (Å²) in [6, 6.07) is -0.144. The molecule has 4 nitrogen and oxygen atoms in total. The maximum absolute atomic E-state index is 12.9. The van der Waals surface area contributed by atoms with E-state index in [1.54, 1.807) is 0 Å². The monoisotopic (exact) mass is 252 g/mol. The molecule has 0 saturated carbocycles. The van der Waals surface area contributed by atoms with Gasteiger partial charge < -0.3 is 15.4 Å². The molecule has 0 radical (unpaired) electrons. The molecule has 2 aliphatic heterocycles. The van der Waals surface area contributed by atoms with Gasteiger partial charge in [-0.1, -0.05) is 0 Å². The number of hydrogen-bond donors (Lipinski definition) is 2. The van der Waals surface area contributed by atoms with E-state index in [0.29, 0.717) is 26.2 Å². The van der Waals surface area contributed by atoms with E-state index in [9.17, 15) is 9.18 Å². The van der Waals surface area contributed by atoms with Crippen LogP contribution in [0.15, 0.2) is 0 Å². The SMILES string of the molecule is Cl.O=C(NC1CCOCC1)[C@@H]1C[C@@H](F)CN1. The summed E-state index contributed by atoms with van der Waals surface area (Å²) in [5.41, 5.74) is 0. The van der Waals surface area contributed by atoms with Gasteiger partial charge in [0.2, 0.25) is 5.91 Å². The van der Waals surface area contributed by atoms with Crippen LogP contribution in [0.4, 0.5) is 4.39 Å². The topological polar surface area (TPSA) is 50.4 Å². The van der Waals surface area contributed by atoms with Crippen LogP contribution in [0.25, 0.3) is 0 Å². The quantitative estimate of drug-likeness (QED) is 0.748. The number of carbonyl (C=O) groups excluding carboxylic acids is 1. The standard InChI is InChI=1S/C10H17FN2O2.ClH/c11-7-5-9(12-6-7)10(14)13-8-1-3-15-4-2-8;/h7-9,12H,1-6H2,(H,13,14);1H/t7-,9+;/m1./s1. The lowest BCUT2D eigenvalue weighted by atomic mass is 10.1. The van der Waals surface area contributed by atoms with Crippen molar-refractivity contribution in [1.82, 2.24) is 10.6 Å². The Balaban J connectivity index is 0.00000128. The average Bonchev–Trinajstić information content (AvgIpc) is 2.66. The van der Waals surface area contributed by atoms with Gasteiger partial charge >= 0.3 is 0 Å². The zero-order valence-electron chi connectivity index (χ0n) is 9.08. The van der Waals surface area contributed by atoms with Gasteiger partial charge in [0.15, 0.2) is 0 Å². The maximum atomic E-state index is 12.9. The lowest BCUT2D eigenvalue weighted by Gasteiger charge is -2.24. The largest absolute Gasteiger partial charge is 0.381 e. The molecule has 0 spiro atoms. The van der Waals surface area contributed by atoms with Crippen molar-refractivity contribution in [2.75, 3.05) is 19.8 Å². The van der Waals surface area contributed by atoms with Crippen molar-refractivity contribution in [1.29, 1.82) is 0 Å². The van der Waals surface area contributed by atoms with Crippen LogP contribution in [-0.4, -0.2) is 43.9 Å². The molecule has 0 aromatic heterocycles. The Kier molecular flexibility index (Phi) is 5.44. The van der Waals surface area contributed by atoms with Crippen LogP contribution in [0, 0.1) is 0 Å². The minimum Gasteiger partial charge on any atom is -0.381 e. The molecule has 0 aliphatic carbocycles. The van der Waals surface area contributed by atoms with E-state index in [2.05, 4.69) is 10.6 Å². The van der Waals surface area contributed by atoms with Gasteiger partial charge in [-0.3, -0.25) is 4.79 Å². The lowest BCUT2D eigenvalue weighted by molar-refractivity contribution is -0.124. The second-order valence-corrected chi connectivity index (χ2v) is 4.19. The van der Waals surface area contributed by atoms with Gasteiger partial charge in [0.1, 0.15) is 6.17 Å². The molecule has 2 fully saturated rings. The molecule has 0 bridgehead atoms. The number of carbonyl (C=O) groups is 1. The predicted molar refractivity (Wildman–Crippen MR) is 60.5 cm³/mol. The molecule has 0 unspecified atom stereocenters. The van der Waals surface area contributed by atoms with Crippen molar-refractivity contribution in [2.45, 2.75) is 37.5 Å². The summed E-state index contributed by atoms with van der Waals surface area (Å²) >= 11 is 0. The Morgan fingerprint density at radius 3 is 2.62 bits per heavy atom. The molecule has 2 atom stereocenters. The summed E-state index contributed by atoms with van der Waals surface area (Å²) in [4.78, 5) is 11.7. The number of nitrogens with one attached hydrogen (secondary N) is 2. The zero-order valence-corrected chi connectivity index (χ0v) is 9.89. The number of halogens is 2. The number of amides is 1. The Morgan fingerprint density at radius 1 is 1.38 bits per heavy atom. The van der Waals surface area contributed by atoms with E-state index >= 15 is 0 Å². The highest BCUT2D eigenvalue weighted by Gasteiger charge is 2.30.